The minimum atomic E-state index is -0.0787. The van der Waals surface area contributed by atoms with Crippen molar-refractivity contribution in [2.45, 2.75) is 39.7 Å². The second kappa shape index (κ2) is 11.2. The zero-order valence-electron chi connectivity index (χ0n) is 20.4. The predicted molar refractivity (Wildman–Crippen MR) is 141 cm³/mol. The van der Waals surface area contributed by atoms with Gasteiger partial charge in [-0.25, -0.2) is 0 Å². The van der Waals surface area contributed by atoms with Crippen molar-refractivity contribution < 1.29 is 9.53 Å². The molecule has 0 aromatic heterocycles. The number of aryl methyl sites for hydroxylation is 1. The number of unbranched alkanes of at least 4 members (excludes halogenated alkanes) is 1. The fraction of sp³-hybridized carbons (Fsp3) is 0.300. The molecule has 0 unspecified atom stereocenters. The summed E-state index contributed by atoms with van der Waals surface area (Å²) in [5.74, 6) is 0.736. The van der Waals surface area contributed by atoms with Crippen LogP contribution in [0.5, 0.6) is 5.75 Å². The molecule has 0 atom stereocenters. The van der Waals surface area contributed by atoms with Crippen molar-refractivity contribution in [2.75, 3.05) is 25.5 Å². The van der Waals surface area contributed by atoms with Crippen LogP contribution in [-0.2, 0) is 11.3 Å². The number of nitrogens with one attached hydrogen (secondary N) is 1. The van der Waals surface area contributed by atoms with Crippen molar-refractivity contribution in [3.8, 4) is 16.9 Å². The van der Waals surface area contributed by atoms with Gasteiger partial charge < -0.3 is 15.0 Å². The Morgan fingerprint density at radius 1 is 1.00 bits per heavy atom. The van der Waals surface area contributed by atoms with Gasteiger partial charge in [-0.05, 0) is 74.0 Å². The maximum atomic E-state index is 13.1. The van der Waals surface area contributed by atoms with Crippen molar-refractivity contribution in [3.63, 3.8) is 0 Å². The van der Waals surface area contributed by atoms with E-state index < -0.39 is 0 Å². The monoisotopic (exact) mass is 454 g/mol. The third kappa shape index (κ3) is 6.15. The minimum Gasteiger partial charge on any atom is -0.493 e. The van der Waals surface area contributed by atoms with Crippen LogP contribution in [0.25, 0.3) is 17.2 Å². The lowest BCUT2D eigenvalue weighted by Crippen LogP contribution is -2.19. The van der Waals surface area contributed by atoms with Gasteiger partial charge in [0.25, 0.3) is 5.91 Å². The highest BCUT2D eigenvalue weighted by atomic mass is 16.5. The maximum Gasteiger partial charge on any atom is 0.251 e. The van der Waals surface area contributed by atoms with Crippen LogP contribution in [0.1, 0.15) is 42.9 Å². The Bertz CT molecular complexity index is 1150. The van der Waals surface area contributed by atoms with Crippen LogP contribution in [0.3, 0.4) is 0 Å². The average Bonchev–Trinajstić information content (AvgIpc) is 3.06. The molecule has 4 rings (SSSR count). The number of nitrogens with zero attached hydrogens (tertiary/aromatic N) is 1. The van der Waals surface area contributed by atoms with Crippen LogP contribution in [0.15, 0.2) is 72.3 Å². The summed E-state index contributed by atoms with van der Waals surface area (Å²) in [4.78, 5) is 15.4. The van der Waals surface area contributed by atoms with Gasteiger partial charge in [0.1, 0.15) is 5.75 Å². The molecule has 176 valence electrons. The standard InChI is InChI=1S/C30H34N2O2/c1-4-5-17-32(3)21-23-8-13-28(14-9-23)31-30(33)26-16-18-34-29-15-12-25(19-27(29)20-26)24-10-6-22(2)7-11-24/h6-15,19-20H,4-5,16-18,21H2,1-3H3,(H,31,33). The first-order valence-corrected chi connectivity index (χ1v) is 12.1. The molecule has 0 radical (unpaired) electrons. The summed E-state index contributed by atoms with van der Waals surface area (Å²) in [5, 5.41) is 3.06. The Labute approximate surface area is 203 Å². The number of anilines is 1. The van der Waals surface area contributed by atoms with Crippen LogP contribution in [0.2, 0.25) is 0 Å². The molecule has 0 aliphatic carbocycles. The first kappa shape index (κ1) is 23.8. The Morgan fingerprint density at radius 3 is 2.47 bits per heavy atom. The van der Waals surface area contributed by atoms with Crippen LogP contribution in [0.4, 0.5) is 5.69 Å². The van der Waals surface area contributed by atoms with Crippen molar-refractivity contribution >= 4 is 17.7 Å². The van der Waals surface area contributed by atoms with Crippen molar-refractivity contribution in [1.82, 2.24) is 4.90 Å². The minimum absolute atomic E-state index is 0.0787. The third-order valence-electron chi connectivity index (χ3n) is 6.20. The molecule has 1 N–H and O–H groups in total. The van der Waals surface area contributed by atoms with E-state index >= 15 is 0 Å². The second-order valence-electron chi connectivity index (χ2n) is 9.13. The van der Waals surface area contributed by atoms with E-state index in [1.807, 2.05) is 24.3 Å². The smallest absolute Gasteiger partial charge is 0.251 e. The van der Waals surface area contributed by atoms with Gasteiger partial charge in [0.15, 0.2) is 0 Å². The highest BCUT2D eigenvalue weighted by molar-refractivity contribution is 6.07. The number of hydrogen-bond donors (Lipinski definition) is 1. The van der Waals surface area contributed by atoms with Crippen LogP contribution in [0, 0.1) is 6.92 Å². The number of benzene rings is 3. The quantitative estimate of drug-likeness (QED) is 0.412. The molecule has 0 saturated heterocycles. The summed E-state index contributed by atoms with van der Waals surface area (Å²) >= 11 is 0. The van der Waals surface area contributed by atoms with E-state index in [0.29, 0.717) is 13.0 Å². The van der Waals surface area contributed by atoms with E-state index in [0.717, 1.165) is 46.8 Å². The van der Waals surface area contributed by atoms with Crippen molar-refractivity contribution in [2.24, 2.45) is 0 Å². The number of carbonyl (C=O) groups excluding carboxylic acids is 1. The van der Waals surface area contributed by atoms with E-state index in [4.69, 9.17) is 4.74 Å². The Kier molecular flexibility index (Phi) is 7.81. The van der Waals surface area contributed by atoms with E-state index in [-0.39, 0.29) is 5.91 Å². The molecule has 1 amide bonds. The fourth-order valence-electron chi connectivity index (χ4n) is 4.15. The zero-order valence-corrected chi connectivity index (χ0v) is 20.4. The summed E-state index contributed by atoms with van der Waals surface area (Å²) in [5.41, 5.74) is 7.21. The summed E-state index contributed by atoms with van der Waals surface area (Å²) in [7, 11) is 2.15. The molecular formula is C30H34N2O2. The largest absolute Gasteiger partial charge is 0.493 e. The molecule has 3 aromatic carbocycles. The summed E-state index contributed by atoms with van der Waals surface area (Å²) in [6, 6.07) is 22.8. The van der Waals surface area contributed by atoms with Gasteiger partial charge >= 0.3 is 0 Å². The first-order valence-electron chi connectivity index (χ1n) is 12.1. The number of carbonyl (C=O) groups is 1. The van der Waals surface area contributed by atoms with Crippen LogP contribution in [-0.4, -0.2) is 31.0 Å². The predicted octanol–water partition coefficient (Wildman–Crippen LogP) is 6.70. The zero-order chi connectivity index (χ0) is 23.9. The summed E-state index contributed by atoms with van der Waals surface area (Å²) in [6.45, 7) is 6.79. The van der Waals surface area contributed by atoms with Crippen LogP contribution >= 0.6 is 0 Å². The Hall–Kier alpha value is -3.37. The number of ether oxygens (including phenoxy) is 1. The van der Waals surface area contributed by atoms with Crippen molar-refractivity contribution in [3.05, 3.63) is 89.0 Å². The van der Waals surface area contributed by atoms with Gasteiger partial charge in [-0.3, -0.25) is 4.79 Å². The normalized spacial score (nSPS) is 13.0. The molecule has 1 heterocycles. The summed E-state index contributed by atoms with van der Waals surface area (Å²) in [6.07, 6.45) is 4.94. The molecule has 1 aliphatic heterocycles. The van der Waals surface area contributed by atoms with E-state index in [1.165, 1.54) is 24.0 Å². The van der Waals surface area contributed by atoms with Gasteiger partial charge in [0, 0.05) is 29.8 Å². The van der Waals surface area contributed by atoms with E-state index in [9.17, 15) is 4.79 Å². The number of amides is 1. The number of fused-ring (bicyclic) bond motifs is 1. The van der Waals surface area contributed by atoms with E-state index in [1.54, 1.807) is 0 Å². The molecule has 0 fully saturated rings. The van der Waals surface area contributed by atoms with E-state index in [2.05, 4.69) is 79.6 Å². The van der Waals surface area contributed by atoms with Gasteiger partial charge in [-0.1, -0.05) is 61.4 Å². The highest BCUT2D eigenvalue weighted by Gasteiger charge is 2.16. The lowest BCUT2D eigenvalue weighted by Gasteiger charge is -2.16. The van der Waals surface area contributed by atoms with Gasteiger partial charge in [0.05, 0.1) is 6.61 Å². The molecule has 4 heteroatoms. The van der Waals surface area contributed by atoms with Crippen molar-refractivity contribution in [1.29, 1.82) is 0 Å². The fourth-order valence-corrected chi connectivity index (χ4v) is 4.15. The first-order chi connectivity index (χ1) is 16.5. The number of rotatable bonds is 8. The Morgan fingerprint density at radius 2 is 1.74 bits per heavy atom. The van der Waals surface area contributed by atoms with Crippen LogP contribution < -0.4 is 10.1 Å². The number of hydrogen-bond acceptors (Lipinski definition) is 3. The Balaban J connectivity index is 1.46. The molecule has 4 nitrogen and oxygen atoms in total. The second-order valence-corrected chi connectivity index (χ2v) is 9.13. The lowest BCUT2D eigenvalue weighted by atomic mass is 10.00. The molecule has 3 aromatic rings. The SMILES string of the molecule is CCCCN(C)Cc1ccc(NC(=O)C2=Cc3cc(-c4ccc(C)cc4)ccc3OCC2)cc1. The molecule has 1 aliphatic rings. The molecule has 34 heavy (non-hydrogen) atoms. The molecule has 0 bridgehead atoms. The van der Waals surface area contributed by atoms with Gasteiger partial charge in [-0.2, -0.15) is 0 Å². The molecule has 0 spiro atoms. The molecule has 0 saturated carbocycles. The molecular weight excluding hydrogens is 420 g/mol. The van der Waals surface area contributed by atoms with Gasteiger partial charge in [-0.15, -0.1) is 0 Å². The maximum absolute atomic E-state index is 13.1. The third-order valence-corrected chi connectivity index (χ3v) is 6.20. The summed E-state index contributed by atoms with van der Waals surface area (Å²) < 4.78 is 5.93. The van der Waals surface area contributed by atoms with Gasteiger partial charge in [0.2, 0.25) is 0 Å². The topological polar surface area (TPSA) is 41.6 Å². The highest BCUT2D eigenvalue weighted by Crippen LogP contribution is 2.31. The lowest BCUT2D eigenvalue weighted by molar-refractivity contribution is -0.113. The average molecular weight is 455 g/mol.